The normalized spacial score (nSPS) is 22.7. The van der Waals surface area contributed by atoms with Crippen molar-refractivity contribution in [3.63, 3.8) is 0 Å². The molecule has 0 N–H and O–H groups in total. The Morgan fingerprint density at radius 2 is 1.20 bits per heavy atom. The molecule has 1 aliphatic heterocycles. The van der Waals surface area contributed by atoms with Gasteiger partial charge in [0, 0.05) is 24.3 Å². The highest BCUT2D eigenvalue weighted by Gasteiger charge is 2.52. The van der Waals surface area contributed by atoms with E-state index in [0.717, 1.165) is 12.8 Å². The maximum absolute atomic E-state index is 14.9. The molecule has 0 aromatic heterocycles. The van der Waals surface area contributed by atoms with Gasteiger partial charge in [-0.05, 0) is 44.2 Å². The standard InChI is InChI=1S/C30H29F13O6/c1-2-3-8-44-19-13-45-26(46-14-19)15-9-20(31)24(21(32)10-15)29(39,40)48-18-11-22(33)25(23(34)12-18)28(37,38)47-17-6-4-16(5-7-17)27(35,36)49-30(41,42)43/h9-12,16-17,19,26H,2-8,13-14H2,1H3. The zero-order valence-electron chi connectivity index (χ0n) is 25.3. The molecule has 6 nitrogen and oxygen atoms in total. The van der Waals surface area contributed by atoms with Gasteiger partial charge in [0.25, 0.3) is 0 Å². The lowest BCUT2D eigenvalue weighted by Crippen LogP contribution is -2.40. The Hall–Kier alpha value is -2.87. The van der Waals surface area contributed by atoms with Gasteiger partial charge in [-0.3, -0.25) is 0 Å². The van der Waals surface area contributed by atoms with Crippen LogP contribution in [0.25, 0.3) is 0 Å². The summed E-state index contributed by atoms with van der Waals surface area (Å²) in [5.74, 6) is -11.6. The van der Waals surface area contributed by atoms with E-state index in [1.807, 2.05) is 6.92 Å². The molecule has 2 fully saturated rings. The predicted molar refractivity (Wildman–Crippen MR) is 139 cm³/mol. The summed E-state index contributed by atoms with van der Waals surface area (Å²) in [6, 6.07) is 0.641. The van der Waals surface area contributed by atoms with Crippen molar-refractivity contribution in [2.45, 2.75) is 88.6 Å². The van der Waals surface area contributed by atoms with Gasteiger partial charge in [0.2, 0.25) is 0 Å². The lowest BCUT2D eigenvalue weighted by molar-refractivity contribution is -0.439. The van der Waals surface area contributed by atoms with Crippen molar-refractivity contribution < 1.29 is 85.5 Å². The number of benzene rings is 2. The summed E-state index contributed by atoms with van der Waals surface area (Å²) in [4.78, 5) is 0. The summed E-state index contributed by atoms with van der Waals surface area (Å²) < 4.78 is 210. The average molecular weight is 733 g/mol. The van der Waals surface area contributed by atoms with E-state index in [2.05, 4.69) is 14.2 Å². The predicted octanol–water partition coefficient (Wildman–Crippen LogP) is 9.36. The van der Waals surface area contributed by atoms with Crippen LogP contribution in [0.15, 0.2) is 24.3 Å². The fraction of sp³-hybridized carbons (Fsp3) is 0.600. The van der Waals surface area contributed by atoms with Crippen LogP contribution >= 0.6 is 0 Å². The third-order valence-corrected chi connectivity index (χ3v) is 7.61. The number of hydrogen-bond donors (Lipinski definition) is 0. The number of unbranched alkanes of at least 4 members (excludes halogenated alkanes) is 1. The Morgan fingerprint density at radius 1 is 0.694 bits per heavy atom. The highest BCUT2D eigenvalue weighted by atomic mass is 19.4. The van der Waals surface area contributed by atoms with Crippen molar-refractivity contribution in [3.8, 4) is 5.75 Å². The number of hydrogen-bond acceptors (Lipinski definition) is 6. The van der Waals surface area contributed by atoms with E-state index >= 15 is 0 Å². The molecule has 2 aliphatic rings. The number of rotatable bonds is 13. The Balaban J connectivity index is 1.41. The second kappa shape index (κ2) is 15.2. The van der Waals surface area contributed by atoms with Crippen LogP contribution in [0.4, 0.5) is 57.1 Å². The van der Waals surface area contributed by atoms with Crippen LogP contribution < -0.4 is 4.74 Å². The monoisotopic (exact) mass is 732 g/mol. The Bertz CT molecular complexity index is 1380. The Labute approximate surface area is 270 Å². The molecule has 2 aromatic rings. The molecule has 1 saturated heterocycles. The summed E-state index contributed by atoms with van der Waals surface area (Å²) in [7, 11) is 0. The molecule has 19 heteroatoms. The first-order valence-electron chi connectivity index (χ1n) is 14.8. The van der Waals surface area contributed by atoms with Gasteiger partial charge < -0.3 is 23.7 Å². The zero-order chi connectivity index (χ0) is 36.4. The topological polar surface area (TPSA) is 55.4 Å². The van der Waals surface area contributed by atoms with Gasteiger partial charge in [-0.25, -0.2) is 22.3 Å². The molecule has 1 saturated carbocycles. The molecule has 1 aliphatic carbocycles. The summed E-state index contributed by atoms with van der Waals surface area (Å²) in [6.45, 7) is 2.30. The van der Waals surface area contributed by atoms with Gasteiger partial charge in [0.15, 0.2) is 6.29 Å². The molecule has 4 rings (SSSR count). The minimum absolute atomic E-state index is 0.0311. The van der Waals surface area contributed by atoms with E-state index in [9.17, 15) is 57.1 Å². The molecule has 49 heavy (non-hydrogen) atoms. The van der Waals surface area contributed by atoms with Gasteiger partial charge in [0.1, 0.15) is 46.2 Å². The van der Waals surface area contributed by atoms with Crippen molar-refractivity contribution in [1.82, 2.24) is 0 Å². The third kappa shape index (κ3) is 9.89. The van der Waals surface area contributed by atoms with Crippen LogP contribution in [0.5, 0.6) is 5.75 Å². The quantitative estimate of drug-likeness (QED) is 0.151. The van der Waals surface area contributed by atoms with Crippen LogP contribution in [-0.2, 0) is 35.9 Å². The highest BCUT2D eigenvalue weighted by Crippen LogP contribution is 2.45. The fourth-order valence-corrected chi connectivity index (χ4v) is 5.28. The van der Waals surface area contributed by atoms with Crippen LogP contribution in [-0.4, -0.2) is 44.5 Å². The minimum atomic E-state index is -5.68. The lowest BCUT2D eigenvalue weighted by atomic mass is 9.86. The molecule has 0 atom stereocenters. The summed E-state index contributed by atoms with van der Waals surface area (Å²) >= 11 is 0. The first-order valence-corrected chi connectivity index (χ1v) is 14.8. The zero-order valence-corrected chi connectivity index (χ0v) is 25.3. The molecule has 0 spiro atoms. The lowest BCUT2D eigenvalue weighted by Gasteiger charge is -2.34. The van der Waals surface area contributed by atoms with Gasteiger partial charge in [-0.15, -0.1) is 13.2 Å². The van der Waals surface area contributed by atoms with Gasteiger partial charge in [0.05, 0.1) is 25.2 Å². The summed E-state index contributed by atoms with van der Waals surface area (Å²) in [6.07, 6.45) is -24.9. The molecular weight excluding hydrogens is 703 g/mol. The van der Waals surface area contributed by atoms with Gasteiger partial charge in [-0.1, -0.05) is 13.3 Å². The van der Waals surface area contributed by atoms with Crippen LogP contribution in [0, 0.1) is 29.2 Å². The molecule has 0 unspecified atom stereocenters. The second-order valence-corrected chi connectivity index (χ2v) is 11.3. The molecular formula is C30H29F13O6. The van der Waals surface area contributed by atoms with Crippen molar-refractivity contribution >= 4 is 0 Å². The summed E-state index contributed by atoms with van der Waals surface area (Å²) in [5.41, 5.74) is -4.43. The van der Waals surface area contributed by atoms with E-state index in [-0.39, 0.29) is 30.9 Å². The largest absolute Gasteiger partial charge is 0.527 e. The molecule has 2 aromatic carbocycles. The molecule has 0 bridgehead atoms. The Kier molecular flexibility index (Phi) is 12.0. The molecule has 0 radical (unpaired) electrons. The molecule has 276 valence electrons. The van der Waals surface area contributed by atoms with Crippen molar-refractivity contribution in [3.05, 3.63) is 64.2 Å². The first kappa shape index (κ1) is 38.9. The van der Waals surface area contributed by atoms with Crippen molar-refractivity contribution in [1.29, 1.82) is 0 Å². The summed E-state index contributed by atoms with van der Waals surface area (Å²) in [5, 5.41) is 0. The van der Waals surface area contributed by atoms with E-state index in [4.69, 9.17) is 14.2 Å². The van der Waals surface area contributed by atoms with Crippen LogP contribution in [0.3, 0.4) is 0 Å². The van der Waals surface area contributed by atoms with Crippen molar-refractivity contribution in [2.24, 2.45) is 5.92 Å². The number of halogens is 13. The van der Waals surface area contributed by atoms with Crippen LogP contribution in [0.2, 0.25) is 0 Å². The van der Waals surface area contributed by atoms with Crippen LogP contribution in [0.1, 0.15) is 68.4 Å². The number of ether oxygens (including phenoxy) is 6. The van der Waals surface area contributed by atoms with Gasteiger partial charge >= 0.3 is 24.7 Å². The average Bonchev–Trinajstić information content (AvgIpc) is 2.95. The first-order chi connectivity index (χ1) is 22.7. The maximum Gasteiger partial charge on any atom is 0.527 e. The van der Waals surface area contributed by atoms with E-state index < -0.39 is 115 Å². The second-order valence-electron chi connectivity index (χ2n) is 11.3. The van der Waals surface area contributed by atoms with E-state index in [1.165, 1.54) is 0 Å². The SMILES string of the molecule is CCCCOC1COC(c2cc(F)c(C(F)(F)Oc3cc(F)c(C(F)(F)OC4CCC(C(F)(F)OC(F)(F)F)CC4)c(F)c3)c(F)c2)OC1. The number of alkyl halides is 9. The third-order valence-electron chi connectivity index (χ3n) is 7.61. The highest BCUT2D eigenvalue weighted by molar-refractivity contribution is 5.35. The fourth-order valence-electron chi connectivity index (χ4n) is 5.28. The Morgan fingerprint density at radius 3 is 1.71 bits per heavy atom. The molecule has 0 amide bonds. The maximum atomic E-state index is 14.9. The van der Waals surface area contributed by atoms with Gasteiger partial charge in [-0.2, -0.15) is 26.3 Å². The van der Waals surface area contributed by atoms with E-state index in [0.29, 0.717) is 18.7 Å². The minimum Gasteiger partial charge on any atom is -0.429 e. The van der Waals surface area contributed by atoms with Crippen molar-refractivity contribution in [2.75, 3.05) is 19.8 Å². The van der Waals surface area contributed by atoms with E-state index in [1.54, 1.807) is 0 Å². The smallest absolute Gasteiger partial charge is 0.429 e. The molecule has 1 heterocycles.